The van der Waals surface area contributed by atoms with Crippen LogP contribution in [-0.2, 0) is 19.1 Å². The lowest BCUT2D eigenvalue weighted by Crippen LogP contribution is -2.64. The molecule has 5 fully saturated rings. The quantitative estimate of drug-likeness (QED) is 0.314. The second-order valence-electron chi connectivity index (χ2n) is 13.9. The molecule has 0 aromatic carbocycles. The van der Waals surface area contributed by atoms with Crippen LogP contribution in [0.4, 0.5) is 0 Å². The summed E-state index contributed by atoms with van der Waals surface area (Å²) in [4.78, 5) is 29.2. The van der Waals surface area contributed by atoms with E-state index in [0.29, 0.717) is 49.6 Å². The molecule has 6 nitrogen and oxygen atoms in total. The van der Waals surface area contributed by atoms with Gasteiger partial charge in [0.15, 0.2) is 6.29 Å². The highest BCUT2D eigenvalue weighted by Gasteiger charge is 2.84. The van der Waals surface area contributed by atoms with Gasteiger partial charge in [0.05, 0.1) is 25.2 Å². The van der Waals surface area contributed by atoms with Crippen molar-refractivity contribution < 1.29 is 24.2 Å². The first-order chi connectivity index (χ1) is 18.1. The standard InChI is InChI=1S/C31H44ClNO5/c1-19(2)25-11-22-12-29(16-34)24-8-7-20(3)23(24)13-30(22,31(25,29)27(35)36)18-38-26-15-33(14-21(4)32)28(17-37-26)9-5-6-10-28/h11,16,19-20,22-24,26H,4-10,12-15,17-18H2,1-3H3,(H,35,36)/t20-,22?,23-,24-,26+,29?,30?,31+/m1/s1. The van der Waals surface area contributed by atoms with Crippen molar-refractivity contribution in [3.63, 3.8) is 0 Å². The first-order valence-electron chi connectivity index (χ1n) is 14.8. The van der Waals surface area contributed by atoms with Crippen molar-refractivity contribution in [2.75, 3.05) is 26.3 Å². The van der Waals surface area contributed by atoms with E-state index in [1.807, 2.05) is 0 Å². The second-order valence-corrected chi connectivity index (χ2v) is 14.4. The first kappa shape index (κ1) is 27.0. The van der Waals surface area contributed by atoms with Gasteiger partial charge < -0.3 is 19.4 Å². The zero-order chi connectivity index (χ0) is 27.1. The molecule has 0 radical (unpaired) electrons. The number of carboxylic acids is 1. The Morgan fingerprint density at radius 3 is 2.68 bits per heavy atom. The molecule has 1 aliphatic heterocycles. The summed E-state index contributed by atoms with van der Waals surface area (Å²) in [7, 11) is 0. The molecular weight excluding hydrogens is 502 g/mol. The normalized spacial score (nSPS) is 45.0. The number of carbonyl (C=O) groups is 2. The number of aliphatic carboxylic acids is 1. The molecule has 3 unspecified atom stereocenters. The van der Waals surface area contributed by atoms with Crippen LogP contribution in [0.25, 0.3) is 0 Å². The Morgan fingerprint density at radius 1 is 1.32 bits per heavy atom. The molecular formula is C31H44ClNO5. The highest BCUT2D eigenvalue weighted by Crippen LogP contribution is 2.82. The van der Waals surface area contributed by atoms with E-state index in [1.54, 1.807) is 0 Å². The minimum absolute atomic E-state index is 0.0129. The summed E-state index contributed by atoms with van der Waals surface area (Å²) in [6.45, 7) is 12.5. The SMILES string of the molecule is C=C(Cl)CN1C[C@H](OCC23C[C@@H]4[C@H](C)CC[C@H]4C4(C=O)CC2C=C(C(C)C)[C@@]34C(=O)O)OCC12CCCC2. The van der Waals surface area contributed by atoms with E-state index in [4.69, 9.17) is 21.1 Å². The van der Waals surface area contributed by atoms with Crippen LogP contribution in [0.5, 0.6) is 0 Å². The summed E-state index contributed by atoms with van der Waals surface area (Å²) < 4.78 is 13.0. The fraction of sp³-hybridized carbons (Fsp3) is 0.806. The van der Waals surface area contributed by atoms with Crippen molar-refractivity contribution >= 4 is 23.9 Å². The lowest BCUT2D eigenvalue weighted by molar-refractivity contribution is -0.241. The zero-order valence-electron chi connectivity index (χ0n) is 23.2. The van der Waals surface area contributed by atoms with Crippen molar-refractivity contribution in [2.45, 2.75) is 84.0 Å². The third kappa shape index (κ3) is 3.30. The molecule has 1 heterocycles. The molecule has 1 spiro atoms. The number of fused-ring (bicyclic) bond motifs is 2. The van der Waals surface area contributed by atoms with Crippen molar-refractivity contribution in [2.24, 2.45) is 45.8 Å². The van der Waals surface area contributed by atoms with Crippen LogP contribution in [-0.4, -0.2) is 60.4 Å². The molecule has 8 atom stereocenters. The fourth-order valence-corrected chi connectivity index (χ4v) is 10.8. The summed E-state index contributed by atoms with van der Waals surface area (Å²) in [5, 5.41) is 11.8. The molecule has 1 saturated heterocycles. The van der Waals surface area contributed by atoms with Crippen LogP contribution in [0, 0.1) is 45.8 Å². The van der Waals surface area contributed by atoms with E-state index in [-0.39, 0.29) is 23.3 Å². The van der Waals surface area contributed by atoms with Gasteiger partial charge in [-0.2, -0.15) is 0 Å². The average molecular weight is 546 g/mol. The summed E-state index contributed by atoms with van der Waals surface area (Å²) in [6, 6.07) is 0. The van der Waals surface area contributed by atoms with Gasteiger partial charge in [-0.25, -0.2) is 0 Å². The van der Waals surface area contributed by atoms with E-state index in [9.17, 15) is 14.7 Å². The third-order valence-corrected chi connectivity index (χ3v) is 12.2. The zero-order valence-corrected chi connectivity index (χ0v) is 24.0. The van der Waals surface area contributed by atoms with Crippen molar-refractivity contribution in [3.05, 3.63) is 23.3 Å². The van der Waals surface area contributed by atoms with Crippen LogP contribution in [0.1, 0.15) is 72.1 Å². The minimum atomic E-state index is -1.21. The van der Waals surface area contributed by atoms with E-state index < -0.39 is 28.5 Å². The van der Waals surface area contributed by atoms with Gasteiger partial charge in [-0.05, 0) is 61.7 Å². The Hall–Kier alpha value is -1.21. The molecule has 4 saturated carbocycles. The first-order valence-corrected chi connectivity index (χ1v) is 15.2. The van der Waals surface area contributed by atoms with Gasteiger partial charge in [-0.1, -0.05) is 69.9 Å². The summed E-state index contributed by atoms with van der Waals surface area (Å²) >= 11 is 6.29. The number of carboxylic acid groups (broad SMARTS) is 1. The van der Waals surface area contributed by atoms with Crippen LogP contribution in [0.3, 0.4) is 0 Å². The number of nitrogens with zero attached hydrogens (tertiary/aromatic N) is 1. The van der Waals surface area contributed by atoms with E-state index in [0.717, 1.165) is 44.0 Å². The van der Waals surface area contributed by atoms with Gasteiger partial charge in [-0.15, -0.1) is 0 Å². The van der Waals surface area contributed by atoms with Gasteiger partial charge >= 0.3 is 5.97 Å². The maximum absolute atomic E-state index is 13.6. The van der Waals surface area contributed by atoms with Gasteiger partial charge in [0.25, 0.3) is 0 Å². The Bertz CT molecular complexity index is 1050. The number of aldehydes is 1. The van der Waals surface area contributed by atoms with E-state index >= 15 is 0 Å². The number of hydrogen-bond donors (Lipinski definition) is 1. The predicted octanol–water partition coefficient (Wildman–Crippen LogP) is 5.65. The topological polar surface area (TPSA) is 76.1 Å². The number of hydrogen-bond acceptors (Lipinski definition) is 5. The van der Waals surface area contributed by atoms with Crippen molar-refractivity contribution in [1.82, 2.24) is 4.90 Å². The van der Waals surface area contributed by atoms with Gasteiger partial charge in [0.1, 0.15) is 11.7 Å². The lowest BCUT2D eigenvalue weighted by atomic mass is 9.43. The molecule has 4 bridgehead atoms. The smallest absolute Gasteiger partial charge is 0.315 e. The summed E-state index contributed by atoms with van der Waals surface area (Å²) in [5.41, 5.74) is -1.77. The molecule has 0 aromatic rings. The Balaban J connectivity index is 1.34. The maximum atomic E-state index is 13.6. The van der Waals surface area contributed by atoms with Gasteiger partial charge in [0.2, 0.25) is 0 Å². The van der Waals surface area contributed by atoms with Gasteiger partial charge in [0, 0.05) is 22.5 Å². The Morgan fingerprint density at radius 2 is 2.05 bits per heavy atom. The number of halogens is 1. The number of morpholine rings is 1. The van der Waals surface area contributed by atoms with Crippen molar-refractivity contribution in [1.29, 1.82) is 0 Å². The van der Waals surface area contributed by atoms with E-state index in [1.165, 1.54) is 12.8 Å². The second kappa shape index (κ2) is 9.15. The lowest BCUT2D eigenvalue weighted by Gasteiger charge is -2.58. The number of carbonyl (C=O) groups excluding carboxylic acids is 1. The molecule has 5 aliphatic carbocycles. The molecule has 0 aromatic heterocycles. The summed E-state index contributed by atoms with van der Waals surface area (Å²) in [5.74, 6) is 0.228. The van der Waals surface area contributed by atoms with Crippen LogP contribution >= 0.6 is 11.6 Å². The van der Waals surface area contributed by atoms with Gasteiger partial charge in [-0.3, -0.25) is 9.69 Å². The summed E-state index contributed by atoms with van der Waals surface area (Å²) in [6.07, 6.45) is 10.8. The molecule has 6 rings (SSSR count). The number of allylic oxidation sites excluding steroid dienone is 1. The van der Waals surface area contributed by atoms with Crippen molar-refractivity contribution in [3.8, 4) is 0 Å². The average Bonchev–Trinajstić information content (AvgIpc) is 3.60. The highest BCUT2D eigenvalue weighted by molar-refractivity contribution is 6.29. The molecule has 7 heteroatoms. The van der Waals surface area contributed by atoms with Crippen LogP contribution < -0.4 is 0 Å². The Kier molecular flexibility index (Phi) is 6.50. The molecule has 1 N–H and O–H groups in total. The monoisotopic (exact) mass is 545 g/mol. The van der Waals surface area contributed by atoms with E-state index in [2.05, 4.69) is 38.3 Å². The molecule has 0 amide bonds. The molecule has 6 aliphatic rings. The minimum Gasteiger partial charge on any atom is -0.481 e. The molecule has 210 valence electrons. The number of rotatable bonds is 8. The molecule has 38 heavy (non-hydrogen) atoms. The predicted molar refractivity (Wildman–Crippen MR) is 145 cm³/mol. The number of ether oxygens (including phenoxy) is 2. The van der Waals surface area contributed by atoms with Crippen LogP contribution in [0.2, 0.25) is 0 Å². The third-order valence-electron chi connectivity index (χ3n) is 12.1. The maximum Gasteiger partial charge on any atom is 0.315 e. The Labute approximate surface area is 232 Å². The largest absolute Gasteiger partial charge is 0.481 e. The highest BCUT2D eigenvalue weighted by atomic mass is 35.5. The van der Waals surface area contributed by atoms with Crippen LogP contribution in [0.15, 0.2) is 23.3 Å². The fourth-order valence-electron chi connectivity index (χ4n) is 10.7.